The Morgan fingerprint density at radius 3 is 2.21 bits per heavy atom. The average Bonchev–Trinajstić information content (AvgIpc) is 2.36. The number of carboxylic acid groups (broad SMARTS) is 1. The van der Waals surface area contributed by atoms with Gasteiger partial charge in [-0.3, -0.25) is 14.4 Å². The van der Waals surface area contributed by atoms with E-state index in [9.17, 15) is 14.4 Å². The number of amides is 2. The van der Waals surface area contributed by atoms with E-state index in [0.29, 0.717) is 11.3 Å². The molecule has 0 saturated heterocycles. The summed E-state index contributed by atoms with van der Waals surface area (Å²) >= 11 is 0. The Bertz CT molecular complexity index is 480. The molecule has 0 aliphatic heterocycles. The standard InChI is InChI=1S/C13H16N2O4/c1-8(2)12(18)15-10-5-3-9(4-6-10)13(19)14-7-11(16)17/h3-6,8H,7H2,1-2H3,(H,14,19)(H,15,18)(H,16,17). The van der Waals surface area contributed by atoms with E-state index in [1.54, 1.807) is 26.0 Å². The lowest BCUT2D eigenvalue weighted by atomic mass is 10.1. The van der Waals surface area contributed by atoms with Crippen molar-refractivity contribution in [3.05, 3.63) is 29.8 Å². The third kappa shape index (κ3) is 4.79. The second-order valence-electron chi connectivity index (χ2n) is 4.30. The predicted octanol–water partition coefficient (Wildman–Crippen LogP) is 1.10. The minimum atomic E-state index is -1.10. The van der Waals surface area contributed by atoms with E-state index in [1.165, 1.54) is 12.1 Å². The summed E-state index contributed by atoms with van der Waals surface area (Å²) in [4.78, 5) is 33.3. The number of benzene rings is 1. The molecular formula is C13H16N2O4. The molecule has 102 valence electrons. The van der Waals surface area contributed by atoms with Gasteiger partial charge in [0, 0.05) is 17.2 Å². The van der Waals surface area contributed by atoms with Gasteiger partial charge < -0.3 is 15.7 Å². The number of anilines is 1. The van der Waals surface area contributed by atoms with E-state index < -0.39 is 18.4 Å². The molecule has 0 spiro atoms. The molecule has 0 aliphatic carbocycles. The number of hydrogen-bond acceptors (Lipinski definition) is 3. The molecule has 0 aromatic heterocycles. The van der Waals surface area contributed by atoms with Gasteiger partial charge >= 0.3 is 5.97 Å². The quantitative estimate of drug-likeness (QED) is 0.742. The van der Waals surface area contributed by atoms with Crippen molar-refractivity contribution >= 4 is 23.5 Å². The van der Waals surface area contributed by atoms with Crippen LogP contribution in [-0.2, 0) is 9.59 Å². The largest absolute Gasteiger partial charge is 0.480 e. The SMILES string of the molecule is CC(C)C(=O)Nc1ccc(C(=O)NCC(=O)O)cc1. The van der Waals surface area contributed by atoms with Crippen molar-refractivity contribution in [1.29, 1.82) is 0 Å². The zero-order valence-corrected chi connectivity index (χ0v) is 10.8. The van der Waals surface area contributed by atoms with Gasteiger partial charge in [-0.25, -0.2) is 0 Å². The van der Waals surface area contributed by atoms with Crippen LogP contribution in [0.1, 0.15) is 24.2 Å². The molecule has 0 saturated carbocycles. The van der Waals surface area contributed by atoms with E-state index in [-0.39, 0.29) is 11.8 Å². The summed E-state index contributed by atoms with van der Waals surface area (Å²) in [5, 5.41) is 13.4. The summed E-state index contributed by atoms with van der Waals surface area (Å²) in [6, 6.07) is 6.23. The fraction of sp³-hybridized carbons (Fsp3) is 0.308. The Balaban J connectivity index is 2.63. The van der Waals surface area contributed by atoms with Gasteiger partial charge in [0.15, 0.2) is 0 Å². The molecule has 0 heterocycles. The number of rotatable bonds is 5. The minimum absolute atomic E-state index is 0.108. The van der Waals surface area contributed by atoms with Crippen LogP contribution in [0.4, 0.5) is 5.69 Å². The first-order chi connectivity index (χ1) is 8.90. The van der Waals surface area contributed by atoms with Crippen LogP contribution in [0.2, 0.25) is 0 Å². The minimum Gasteiger partial charge on any atom is -0.480 e. The molecule has 0 radical (unpaired) electrons. The second-order valence-corrected chi connectivity index (χ2v) is 4.30. The van der Waals surface area contributed by atoms with Crippen molar-refractivity contribution in [3.8, 4) is 0 Å². The van der Waals surface area contributed by atoms with Crippen molar-refractivity contribution in [2.45, 2.75) is 13.8 Å². The number of carboxylic acids is 1. The molecule has 0 atom stereocenters. The Kier molecular flexibility index (Phi) is 5.05. The van der Waals surface area contributed by atoms with Crippen molar-refractivity contribution in [3.63, 3.8) is 0 Å². The predicted molar refractivity (Wildman–Crippen MR) is 69.9 cm³/mol. The van der Waals surface area contributed by atoms with Crippen molar-refractivity contribution < 1.29 is 19.5 Å². The zero-order chi connectivity index (χ0) is 14.4. The summed E-state index contributed by atoms with van der Waals surface area (Å²) in [5.74, 6) is -1.81. The highest BCUT2D eigenvalue weighted by atomic mass is 16.4. The molecule has 0 bridgehead atoms. The molecule has 6 nitrogen and oxygen atoms in total. The van der Waals surface area contributed by atoms with Crippen LogP contribution in [-0.4, -0.2) is 29.4 Å². The molecule has 0 aliphatic rings. The fourth-order valence-electron chi connectivity index (χ4n) is 1.25. The maximum absolute atomic E-state index is 11.5. The van der Waals surface area contributed by atoms with E-state index in [0.717, 1.165) is 0 Å². The van der Waals surface area contributed by atoms with Gasteiger partial charge in [-0.1, -0.05) is 13.8 Å². The molecule has 0 unspecified atom stereocenters. The number of nitrogens with one attached hydrogen (secondary N) is 2. The van der Waals surface area contributed by atoms with Crippen LogP contribution in [0.15, 0.2) is 24.3 Å². The fourth-order valence-corrected chi connectivity index (χ4v) is 1.25. The molecule has 1 aromatic rings. The highest BCUT2D eigenvalue weighted by molar-refractivity contribution is 5.97. The topological polar surface area (TPSA) is 95.5 Å². The lowest BCUT2D eigenvalue weighted by Crippen LogP contribution is -2.29. The van der Waals surface area contributed by atoms with Crippen molar-refractivity contribution in [2.24, 2.45) is 5.92 Å². The lowest BCUT2D eigenvalue weighted by Gasteiger charge is -2.08. The highest BCUT2D eigenvalue weighted by Crippen LogP contribution is 2.10. The second kappa shape index (κ2) is 6.53. The van der Waals surface area contributed by atoms with Gasteiger partial charge in [-0.2, -0.15) is 0 Å². The summed E-state index contributed by atoms with van der Waals surface area (Å²) in [6.07, 6.45) is 0. The monoisotopic (exact) mass is 264 g/mol. The summed E-state index contributed by atoms with van der Waals surface area (Å²) < 4.78 is 0. The highest BCUT2D eigenvalue weighted by Gasteiger charge is 2.09. The van der Waals surface area contributed by atoms with Gasteiger partial charge in [0.25, 0.3) is 5.91 Å². The van der Waals surface area contributed by atoms with Crippen molar-refractivity contribution in [2.75, 3.05) is 11.9 Å². The number of aliphatic carboxylic acids is 1. The molecule has 1 aromatic carbocycles. The van der Waals surface area contributed by atoms with Gasteiger partial charge in [0.05, 0.1) is 0 Å². The third-order valence-corrected chi connectivity index (χ3v) is 2.34. The van der Waals surface area contributed by atoms with Crippen LogP contribution in [0.5, 0.6) is 0 Å². The molecule has 1 rings (SSSR count). The molecule has 2 amide bonds. The number of hydrogen-bond donors (Lipinski definition) is 3. The van der Waals surface area contributed by atoms with Gasteiger partial charge in [0.1, 0.15) is 6.54 Å². The smallest absolute Gasteiger partial charge is 0.322 e. The summed E-state index contributed by atoms with van der Waals surface area (Å²) in [6.45, 7) is 3.14. The summed E-state index contributed by atoms with van der Waals surface area (Å²) in [7, 11) is 0. The zero-order valence-electron chi connectivity index (χ0n) is 10.8. The van der Waals surface area contributed by atoms with Gasteiger partial charge in [-0.05, 0) is 24.3 Å². The molecular weight excluding hydrogens is 248 g/mol. The van der Waals surface area contributed by atoms with Gasteiger partial charge in [0.2, 0.25) is 5.91 Å². The average molecular weight is 264 g/mol. The summed E-state index contributed by atoms with van der Waals surface area (Å²) in [5.41, 5.74) is 0.928. The Morgan fingerprint density at radius 2 is 1.74 bits per heavy atom. The van der Waals surface area contributed by atoms with Crippen LogP contribution in [0.3, 0.4) is 0 Å². The lowest BCUT2D eigenvalue weighted by molar-refractivity contribution is -0.135. The Labute approximate surface area is 110 Å². The van der Waals surface area contributed by atoms with Gasteiger partial charge in [-0.15, -0.1) is 0 Å². The molecule has 19 heavy (non-hydrogen) atoms. The Morgan fingerprint density at radius 1 is 1.16 bits per heavy atom. The number of carbonyl (C=O) groups excluding carboxylic acids is 2. The van der Waals surface area contributed by atoms with Crippen LogP contribution in [0.25, 0.3) is 0 Å². The molecule has 6 heteroatoms. The van der Waals surface area contributed by atoms with Crippen LogP contribution >= 0.6 is 0 Å². The first kappa shape index (κ1) is 14.7. The maximum Gasteiger partial charge on any atom is 0.322 e. The normalized spacial score (nSPS) is 10.1. The van der Waals surface area contributed by atoms with E-state index in [4.69, 9.17) is 5.11 Å². The Hall–Kier alpha value is -2.37. The van der Waals surface area contributed by atoms with Crippen LogP contribution < -0.4 is 10.6 Å². The number of carbonyl (C=O) groups is 3. The van der Waals surface area contributed by atoms with Crippen molar-refractivity contribution in [1.82, 2.24) is 5.32 Å². The first-order valence-corrected chi connectivity index (χ1v) is 5.81. The van der Waals surface area contributed by atoms with E-state index in [1.807, 2.05) is 0 Å². The van der Waals surface area contributed by atoms with E-state index >= 15 is 0 Å². The molecule has 0 fully saturated rings. The van der Waals surface area contributed by atoms with Crippen LogP contribution in [0, 0.1) is 5.92 Å². The maximum atomic E-state index is 11.5. The first-order valence-electron chi connectivity index (χ1n) is 5.81. The molecule has 3 N–H and O–H groups in total. The third-order valence-electron chi connectivity index (χ3n) is 2.34. The van der Waals surface area contributed by atoms with E-state index in [2.05, 4.69) is 10.6 Å².